The molecule has 0 aliphatic carbocycles. The molecule has 20 heavy (non-hydrogen) atoms. The highest BCUT2D eigenvalue weighted by Crippen LogP contribution is 2.25. The van der Waals surface area contributed by atoms with Gasteiger partial charge in [-0.3, -0.25) is 4.79 Å². The first-order valence-electron chi connectivity index (χ1n) is 6.29. The monoisotopic (exact) mass is 270 g/mol. The van der Waals surface area contributed by atoms with Gasteiger partial charge in [0.2, 0.25) is 0 Å². The third kappa shape index (κ3) is 2.27. The molecule has 1 atom stereocenters. The summed E-state index contributed by atoms with van der Waals surface area (Å²) in [5, 5.41) is 9.11. The number of carboxylic acid groups (broad SMARTS) is 1. The maximum absolute atomic E-state index is 11.1. The van der Waals surface area contributed by atoms with E-state index in [0.717, 1.165) is 22.4 Å². The van der Waals surface area contributed by atoms with Crippen LogP contribution in [0.5, 0.6) is 0 Å². The number of hydrogen-bond donors (Lipinski definition) is 2. The topological polar surface area (TPSA) is 83.8 Å². The number of nitrogens with zero attached hydrogens (tertiary/aromatic N) is 3. The van der Waals surface area contributed by atoms with Crippen molar-refractivity contribution in [3.63, 3.8) is 0 Å². The van der Waals surface area contributed by atoms with Gasteiger partial charge in [-0.2, -0.15) is 0 Å². The number of carbonyl (C=O) groups is 1. The summed E-state index contributed by atoms with van der Waals surface area (Å²) in [4.78, 5) is 22.6. The van der Waals surface area contributed by atoms with Gasteiger partial charge in [-0.25, -0.2) is 9.97 Å². The van der Waals surface area contributed by atoms with Gasteiger partial charge in [-0.15, -0.1) is 0 Å². The number of aliphatic carboxylic acids is 1. The summed E-state index contributed by atoms with van der Waals surface area (Å²) in [6, 6.07) is 5.49. The van der Waals surface area contributed by atoms with Crippen molar-refractivity contribution in [2.75, 3.05) is 0 Å². The number of rotatable bonds is 4. The highest BCUT2D eigenvalue weighted by Gasteiger charge is 2.18. The first kappa shape index (κ1) is 12.4. The van der Waals surface area contributed by atoms with Gasteiger partial charge < -0.3 is 14.7 Å². The van der Waals surface area contributed by atoms with E-state index in [-0.39, 0.29) is 12.5 Å². The molecule has 0 amide bonds. The standard InChI is InChI=1S/C14H14N4O2/c1-9-16-11-3-2-10(6-12(11)17-9)13(7-14(19)20)18-5-4-15-8-18/h2-6,8,13H,7H2,1H3,(H,16,17)(H,19,20). The van der Waals surface area contributed by atoms with Crippen LogP contribution in [0.1, 0.15) is 23.9 Å². The van der Waals surface area contributed by atoms with E-state index < -0.39 is 5.97 Å². The van der Waals surface area contributed by atoms with E-state index >= 15 is 0 Å². The van der Waals surface area contributed by atoms with E-state index in [9.17, 15) is 4.79 Å². The Morgan fingerprint density at radius 3 is 3.05 bits per heavy atom. The molecule has 0 fully saturated rings. The molecule has 1 unspecified atom stereocenters. The molecule has 0 aliphatic rings. The van der Waals surface area contributed by atoms with Gasteiger partial charge in [-0.05, 0) is 24.6 Å². The number of fused-ring (bicyclic) bond motifs is 1. The predicted octanol–water partition coefficient (Wildman–Crippen LogP) is 2.13. The van der Waals surface area contributed by atoms with Crippen molar-refractivity contribution in [2.45, 2.75) is 19.4 Å². The predicted molar refractivity (Wildman–Crippen MR) is 73.4 cm³/mol. The molecular weight excluding hydrogens is 256 g/mol. The number of hydrogen-bond acceptors (Lipinski definition) is 3. The zero-order valence-corrected chi connectivity index (χ0v) is 10.9. The highest BCUT2D eigenvalue weighted by molar-refractivity contribution is 5.76. The van der Waals surface area contributed by atoms with E-state index in [1.807, 2.05) is 25.1 Å². The fourth-order valence-corrected chi connectivity index (χ4v) is 2.37. The Labute approximate surface area is 115 Å². The zero-order chi connectivity index (χ0) is 14.1. The smallest absolute Gasteiger partial charge is 0.305 e. The molecule has 102 valence electrons. The van der Waals surface area contributed by atoms with Crippen molar-refractivity contribution in [1.29, 1.82) is 0 Å². The summed E-state index contributed by atoms with van der Waals surface area (Å²) < 4.78 is 1.80. The van der Waals surface area contributed by atoms with Gasteiger partial charge in [0.1, 0.15) is 5.82 Å². The molecule has 2 N–H and O–H groups in total. The van der Waals surface area contributed by atoms with Crippen molar-refractivity contribution >= 4 is 17.0 Å². The van der Waals surface area contributed by atoms with Crippen LogP contribution < -0.4 is 0 Å². The second-order valence-corrected chi connectivity index (χ2v) is 4.72. The fourth-order valence-electron chi connectivity index (χ4n) is 2.37. The molecular formula is C14H14N4O2. The first-order valence-corrected chi connectivity index (χ1v) is 6.29. The van der Waals surface area contributed by atoms with E-state index in [1.54, 1.807) is 23.3 Å². The lowest BCUT2D eigenvalue weighted by Crippen LogP contribution is -2.13. The molecule has 0 radical (unpaired) electrons. The Kier molecular flexibility index (Phi) is 2.98. The number of imidazole rings is 2. The quantitative estimate of drug-likeness (QED) is 0.760. The Morgan fingerprint density at radius 2 is 2.35 bits per heavy atom. The number of H-pyrrole nitrogens is 1. The van der Waals surface area contributed by atoms with Gasteiger partial charge in [-0.1, -0.05) is 6.07 Å². The van der Waals surface area contributed by atoms with Crippen molar-refractivity contribution in [2.24, 2.45) is 0 Å². The van der Waals surface area contributed by atoms with Crippen LogP contribution in [0.15, 0.2) is 36.9 Å². The maximum atomic E-state index is 11.1. The number of aryl methyl sites for hydroxylation is 1. The first-order chi connectivity index (χ1) is 9.63. The normalized spacial score (nSPS) is 12.7. The molecule has 0 aliphatic heterocycles. The van der Waals surface area contributed by atoms with Crippen LogP contribution >= 0.6 is 0 Å². The second kappa shape index (κ2) is 4.80. The van der Waals surface area contributed by atoms with Crippen LogP contribution in [0.4, 0.5) is 0 Å². The lowest BCUT2D eigenvalue weighted by molar-refractivity contribution is -0.137. The number of nitrogens with one attached hydrogen (secondary N) is 1. The largest absolute Gasteiger partial charge is 0.481 e. The lowest BCUT2D eigenvalue weighted by atomic mass is 10.0. The van der Waals surface area contributed by atoms with Crippen molar-refractivity contribution in [1.82, 2.24) is 19.5 Å². The second-order valence-electron chi connectivity index (χ2n) is 4.72. The molecule has 2 aromatic heterocycles. The zero-order valence-electron chi connectivity index (χ0n) is 10.9. The Hall–Kier alpha value is -2.63. The van der Waals surface area contributed by atoms with Crippen LogP contribution in [0.2, 0.25) is 0 Å². The van der Waals surface area contributed by atoms with Crippen molar-refractivity contribution in [3.8, 4) is 0 Å². The highest BCUT2D eigenvalue weighted by atomic mass is 16.4. The molecule has 0 spiro atoms. The third-order valence-corrected chi connectivity index (χ3v) is 3.26. The van der Waals surface area contributed by atoms with Crippen LogP contribution in [0.25, 0.3) is 11.0 Å². The Balaban J connectivity index is 2.06. The Bertz CT molecular complexity index is 746. The third-order valence-electron chi connectivity index (χ3n) is 3.26. The van der Waals surface area contributed by atoms with Crippen LogP contribution in [0, 0.1) is 6.92 Å². The SMILES string of the molecule is Cc1nc2cc(C(CC(=O)O)n3ccnc3)ccc2[nH]1. The van der Waals surface area contributed by atoms with Crippen LogP contribution in [0.3, 0.4) is 0 Å². The summed E-state index contributed by atoms with van der Waals surface area (Å²) in [6.07, 6.45) is 5.05. The fraction of sp³-hybridized carbons (Fsp3) is 0.214. The van der Waals surface area contributed by atoms with Crippen LogP contribution in [-0.4, -0.2) is 30.6 Å². The Morgan fingerprint density at radius 1 is 1.50 bits per heavy atom. The van der Waals surface area contributed by atoms with E-state index in [2.05, 4.69) is 15.0 Å². The summed E-state index contributed by atoms with van der Waals surface area (Å²) in [5.41, 5.74) is 2.70. The molecule has 1 aromatic carbocycles. The van der Waals surface area contributed by atoms with Crippen LogP contribution in [-0.2, 0) is 4.79 Å². The summed E-state index contributed by atoms with van der Waals surface area (Å²) in [5.74, 6) is -0.00318. The minimum Gasteiger partial charge on any atom is -0.481 e. The minimum absolute atomic E-state index is 0.00523. The van der Waals surface area contributed by atoms with Gasteiger partial charge in [0, 0.05) is 12.4 Å². The van der Waals surface area contributed by atoms with Gasteiger partial charge in [0.15, 0.2) is 0 Å². The number of aromatic nitrogens is 4. The van der Waals surface area contributed by atoms with E-state index in [0.29, 0.717) is 0 Å². The molecule has 3 rings (SSSR count). The van der Waals surface area contributed by atoms with Gasteiger partial charge in [0.05, 0.1) is 29.8 Å². The van der Waals surface area contributed by atoms with E-state index in [4.69, 9.17) is 5.11 Å². The average molecular weight is 270 g/mol. The van der Waals surface area contributed by atoms with E-state index in [1.165, 1.54) is 0 Å². The molecule has 0 saturated heterocycles. The summed E-state index contributed by atoms with van der Waals surface area (Å²) in [7, 11) is 0. The van der Waals surface area contributed by atoms with Crippen molar-refractivity contribution < 1.29 is 9.90 Å². The summed E-state index contributed by atoms with van der Waals surface area (Å²) in [6.45, 7) is 1.89. The van der Waals surface area contributed by atoms with Gasteiger partial charge >= 0.3 is 5.97 Å². The van der Waals surface area contributed by atoms with Crippen molar-refractivity contribution in [3.05, 3.63) is 48.3 Å². The molecule has 0 saturated carbocycles. The average Bonchev–Trinajstić information content (AvgIpc) is 3.02. The van der Waals surface area contributed by atoms with Gasteiger partial charge in [0.25, 0.3) is 0 Å². The maximum Gasteiger partial charge on any atom is 0.305 e. The molecule has 6 heteroatoms. The number of carboxylic acids is 1. The lowest BCUT2D eigenvalue weighted by Gasteiger charge is -2.16. The molecule has 3 aromatic rings. The molecule has 0 bridgehead atoms. The number of benzene rings is 1. The molecule has 6 nitrogen and oxygen atoms in total. The minimum atomic E-state index is -0.845. The molecule has 2 heterocycles. The summed E-state index contributed by atoms with van der Waals surface area (Å²) >= 11 is 0. The number of aromatic amines is 1.